The van der Waals surface area contributed by atoms with E-state index in [1.54, 1.807) is 6.07 Å². The summed E-state index contributed by atoms with van der Waals surface area (Å²) in [6, 6.07) is 32.9. The lowest BCUT2D eigenvalue weighted by Crippen LogP contribution is -2.34. The van der Waals surface area contributed by atoms with Crippen LogP contribution in [0.4, 0.5) is 4.39 Å². The standard InChI is InChI=1S/C40H40FNO/c1-2-3-4-5-9-17-33-22-24-34(25-23-33)38-27-26-37(32-39(38)41)43-40(35-18-10-6-11-19-35,36-20-12-7-13-21-36)28-16-31-42-29-14-8-15-30-42/h6-7,10-13,18-27,32H,2-5,8,14-15,29-31H2,1H3. The molecule has 4 aromatic carbocycles. The highest BCUT2D eigenvalue weighted by Crippen LogP contribution is 2.36. The minimum absolute atomic E-state index is 0.341. The number of likely N-dealkylation sites (tertiary alicyclic amines) is 1. The van der Waals surface area contributed by atoms with Crippen molar-refractivity contribution in [2.24, 2.45) is 0 Å². The van der Waals surface area contributed by atoms with Crippen LogP contribution in [0.5, 0.6) is 5.75 Å². The highest BCUT2D eigenvalue weighted by Gasteiger charge is 2.35. The quantitative estimate of drug-likeness (QED) is 0.147. The van der Waals surface area contributed by atoms with Gasteiger partial charge < -0.3 is 4.74 Å². The molecule has 1 saturated heterocycles. The smallest absolute Gasteiger partial charge is 0.220 e. The molecule has 0 unspecified atom stereocenters. The zero-order chi connectivity index (χ0) is 29.7. The van der Waals surface area contributed by atoms with E-state index in [0.717, 1.165) is 48.2 Å². The van der Waals surface area contributed by atoms with Gasteiger partial charge >= 0.3 is 0 Å². The molecule has 1 fully saturated rings. The molecule has 5 rings (SSSR count). The van der Waals surface area contributed by atoms with Crippen molar-refractivity contribution in [2.75, 3.05) is 19.6 Å². The highest BCUT2D eigenvalue weighted by atomic mass is 19.1. The lowest BCUT2D eigenvalue weighted by atomic mass is 9.86. The van der Waals surface area contributed by atoms with E-state index >= 15 is 4.39 Å². The highest BCUT2D eigenvalue weighted by molar-refractivity contribution is 5.66. The summed E-state index contributed by atoms with van der Waals surface area (Å²) in [5, 5.41) is 0. The zero-order valence-electron chi connectivity index (χ0n) is 25.1. The molecule has 0 N–H and O–H groups in total. The Kier molecular flexibility index (Phi) is 10.7. The molecule has 43 heavy (non-hydrogen) atoms. The number of nitrogens with zero attached hydrogens (tertiary/aromatic N) is 1. The summed E-state index contributed by atoms with van der Waals surface area (Å²) in [6.45, 7) is 5.01. The Balaban J connectivity index is 1.44. The number of hydrogen-bond donors (Lipinski definition) is 0. The van der Waals surface area contributed by atoms with E-state index in [2.05, 4.69) is 35.5 Å². The van der Waals surface area contributed by atoms with Crippen molar-refractivity contribution >= 4 is 0 Å². The van der Waals surface area contributed by atoms with Crippen molar-refractivity contribution in [3.8, 4) is 40.6 Å². The largest absolute Gasteiger partial charge is 0.466 e. The molecule has 0 amide bonds. The molecule has 0 aromatic heterocycles. The van der Waals surface area contributed by atoms with Gasteiger partial charge in [0.05, 0.1) is 6.54 Å². The van der Waals surface area contributed by atoms with Crippen LogP contribution in [0.1, 0.15) is 68.6 Å². The number of halogens is 1. The van der Waals surface area contributed by atoms with Gasteiger partial charge in [-0.15, -0.1) is 0 Å². The van der Waals surface area contributed by atoms with Gasteiger partial charge in [-0.05, 0) is 68.1 Å². The molecule has 0 saturated carbocycles. The summed E-state index contributed by atoms with van der Waals surface area (Å²) in [5.74, 6) is 13.5. The molecule has 0 radical (unpaired) electrons. The molecule has 0 aliphatic carbocycles. The SMILES string of the molecule is CCCCCC#Cc1ccc(-c2ccc(OC(C#CCN3CCCCC3)(c3ccccc3)c3ccccc3)cc2F)cc1. The van der Waals surface area contributed by atoms with Gasteiger partial charge in [0, 0.05) is 34.7 Å². The summed E-state index contributed by atoms with van der Waals surface area (Å²) < 4.78 is 22.5. The van der Waals surface area contributed by atoms with Crippen LogP contribution in [-0.4, -0.2) is 24.5 Å². The van der Waals surface area contributed by atoms with Crippen molar-refractivity contribution in [3.63, 3.8) is 0 Å². The van der Waals surface area contributed by atoms with E-state index in [9.17, 15) is 0 Å². The third-order valence-corrected chi connectivity index (χ3v) is 7.92. The van der Waals surface area contributed by atoms with Gasteiger partial charge in [-0.1, -0.05) is 117 Å². The second kappa shape index (κ2) is 15.2. The molecular weight excluding hydrogens is 529 g/mol. The predicted octanol–water partition coefficient (Wildman–Crippen LogP) is 9.24. The molecule has 4 aromatic rings. The van der Waals surface area contributed by atoms with Crippen molar-refractivity contribution in [1.82, 2.24) is 4.90 Å². The molecular formula is C40H40FNO. The van der Waals surface area contributed by atoms with Crippen LogP contribution in [0.2, 0.25) is 0 Å². The molecule has 1 heterocycles. The summed E-state index contributed by atoms with van der Waals surface area (Å²) >= 11 is 0. The third-order valence-electron chi connectivity index (χ3n) is 7.92. The fraction of sp³-hybridized carbons (Fsp3) is 0.300. The summed E-state index contributed by atoms with van der Waals surface area (Å²) in [7, 11) is 0. The van der Waals surface area contributed by atoms with E-state index in [0.29, 0.717) is 17.9 Å². The Hall–Kier alpha value is -4.31. The monoisotopic (exact) mass is 569 g/mol. The lowest BCUT2D eigenvalue weighted by molar-refractivity contribution is 0.173. The number of unbranched alkanes of at least 4 members (excludes halogenated alkanes) is 3. The number of piperidine rings is 1. The third kappa shape index (κ3) is 7.95. The Bertz CT molecular complexity index is 1530. The molecule has 1 aliphatic rings. The Labute approximate surface area is 256 Å². The van der Waals surface area contributed by atoms with Gasteiger partial charge in [0.25, 0.3) is 0 Å². The minimum atomic E-state index is -1.09. The van der Waals surface area contributed by atoms with Crippen molar-refractivity contribution in [2.45, 2.75) is 57.5 Å². The van der Waals surface area contributed by atoms with Gasteiger partial charge in [-0.25, -0.2) is 4.39 Å². The van der Waals surface area contributed by atoms with E-state index in [1.165, 1.54) is 38.2 Å². The normalized spacial score (nSPS) is 13.3. The molecule has 3 heteroatoms. The Morgan fingerprint density at radius 3 is 2.07 bits per heavy atom. The van der Waals surface area contributed by atoms with Gasteiger partial charge in [0.15, 0.2) is 0 Å². The molecule has 0 bridgehead atoms. The summed E-state index contributed by atoms with van der Waals surface area (Å²) in [6.07, 6.45) is 8.13. The number of hydrogen-bond acceptors (Lipinski definition) is 2. The van der Waals surface area contributed by atoms with E-state index in [4.69, 9.17) is 4.74 Å². The van der Waals surface area contributed by atoms with Crippen LogP contribution in [0.3, 0.4) is 0 Å². The number of benzene rings is 4. The van der Waals surface area contributed by atoms with Gasteiger partial charge in [-0.2, -0.15) is 0 Å². The van der Waals surface area contributed by atoms with Crippen molar-refractivity contribution in [1.29, 1.82) is 0 Å². The fourth-order valence-electron chi connectivity index (χ4n) is 5.52. The van der Waals surface area contributed by atoms with Crippen LogP contribution in [0.25, 0.3) is 11.1 Å². The van der Waals surface area contributed by atoms with Gasteiger partial charge in [-0.3, -0.25) is 4.90 Å². The molecule has 0 spiro atoms. The predicted molar refractivity (Wildman–Crippen MR) is 175 cm³/mol. The van der Waals surface area contributed by atoms with Crippen LogP contribution < -0.4 is 4.74 Å². The first-order chi connectivity index (χ1) is 21.2. The average Bonchev–Trinajstić information content (AvgIpc) is 3.06. The van der Waals surface area contributed by atoms with Gasteiger partial charge in [0.1, 0.15) is 11.6 Å². The average molecular weight is 570 g/mol. The van der Waals surface area contributed by atoms with Crippen molar-refractivity contribution in [3.05, 3.63) is 126 Å². The molecule has 0 atom stereocenters. The Morgan fingerprint density at radius 1 is 0.767 bits per heavy atom. The second-order valence-corrected chi connectivity index (χ2v) is 11.1. The molecule has 2 nitrogen and oxygen atoms in total. The first kappa shape index (κ1) is 30.2. The maximum Gasteiger partial charge on any atom is 0.220 e. The topological polar surface area (TPSA) is 12.5 Å². The zero-order valence-corrected chi connectivity index (χ0v) is 25.1. The Morgan fingerprint density at radius 2 is 1.44 bits per heavy atom. The first-order valence-electron chi connectivity index (χ1n) is 15.6. The minimum Gasteiger partial charge on any atom is -0.466 e. The maximum absolute atomic E-state index is 15.7. The van der Waals surface area contributed by atoms with Crippen LogP contribution in [0, 0.1) is 29.5 Å². The summed E-state index contributed by atoms with van der Waals surface area (Å²) in [4.78, 5) is 2.40. The maximum atomic E-state index is 15.7. The molecule has 1 aliphatic heterocycles. The van der Waals surface area contributed by atoms with E-state index in [1.807, 2.05) is 91.0 Å². The second-order valence-electron chi connectivity index (χ2n) is 11.1. The van der Waals surface area contributed by atoms with Crippen LogP contribution >= 0.6 is 0 Å². The summed E-state index contributed by atoms with van der Waals surface area (Å²) in [5.41, 5.74) is 2.99. The number of rotatable bonds is 9. The number of ether oxygens (including phenoxy) is 1. The van der Waals surface area contributed by atoms with Crippen LogP contribution in [0.15, 0.2) is 103 Å². The van der Waals surface area contributed by atoms with E-state index < -0.39 is 5.60 Å². The van der Waals surface area contributed by atoms with Gasteiger partial charge in [0.2, 0.25) is 5.60 Å². The van der Waals surface area contributed by atoms with E-state index in [-0.39, 0.29) is 5.82 Å². The fourth-order valence-corrected chi connectivity index (χ4v) is 5.52. The first-order valence-corrected chi connectivity index (χ1v) is 15.6. The van der Waals surface area contributed by atoms with Crippen molar-refractivity contribution < 1.29 is 9.13 Å². The lowest BCUT2D eigenvalue weighted by Gasteiger charge is -2.31. The van der Waals surface area contributed by atoms with Crippen LogP contribution in [-0.2, 0) is 5.60 Å². The molecule has 218 valence electrons.